The van der Waals surface area contributed by atoms with E-state index in [1.165, 1.54) is 12.1 Å². The SMILES string of the molecule is O=[N+]([O-])c1cccc(OCCN2CCN([C@@H]3CCC[C@@H]3O)CC2)c1. The molecule has 1 aromatic carbocycles. The molecule has 0 bridgehead atoms. The fourth-order valence-corrected chi connectivity index (χ4v) is 3.64. The van der Waals surface area contributed by atoms with Crippen LogP contribution >= 0.6 is 0 Å². The molecule has 1 aromatic rings. The number of aliphatic hydroxyl groups is 1. The predicted molar refractivity (Wildman–Crippen MR) is 90.3 cm³/mol. The Morgan fingerprint density at radius 2 is 2.04 bits per heavy atom. The van der Waals surface area contributed by atoms with E-state index >= 15 is 0 Å². The molecule has 2 atom stereocenters. The summed E-state index contributed by atoms with van der Waals surface area (Å²) in [4.78, 5) is 15.1. The molecule has 2 aliphatic rings. The third-order valence-corrected chi connectivity index (χ3v) is 5.02. The quantitative estimate of drug-likeness (QED) is 0.627. The zero-order valence-electron chi connectivity index (χ0n) is 13.8. The monoisotopic (exact) mass is 335 g/mol. The molecule has 2 fully saturated rings. The maximum Gasteiger partial charge on any atom is 0.273 e. The largest absolute Gasteiger partial charge is 0.492 e. The van der Waals surface area contributed by atoms with Gasteiger partial charge in [0.15, 0.2) is 0 Å². The number of nitro groups is 1. The van der Waals surface area contributed by atoms with Crippen LogP contribution in [0.1, 0.15) is 19.3 Å². The summed E-state index contributed by atoms with van der Waals surface area (Å²) < 4.78 is 5.64. The number of aliphatic hydroxyl groups excluding tert-OH is 1. The summed E-state index contributed by atoms with van der Waals surface area (Å²) in [5, 5.41) is 20.8. The summed E-state index contributed by atoms with van der Waals surface area (Å²) in [6.45, 7) is 5.25. The minimum absolute atomic E-state index is 0.0521. The fraction of sp³-hybridized carbons (Fsp3) is 0.647. The van der Waals surface area contributed by atoms with Crippen LogP contribution in [-0.2, 0) is 0 Å². The highest BCUT2D eigenvalue weighted by Crippen LogP contribution is 2.25. The van der Waals surface area contributed by atoms with Gasteiger partial charge in [-0.15, -0.1) is 0 Å². The van der Waals surface area contributed by atoms with Crippen molar-refractivity contribution in [2.75, 3.05) is 39.3 Å². The lowest BCUT2D eigenvalue weighted by Crippen LogP contribution is -2.52. The molecule has 0 spiro atoms. The van der Waals surface area contributed by atoms with E-state index in [0.717, 1.165) is 52.0 Å². The van der Waals surface area contributed by atoms with E-state index in [1.807, 2.05) is 0 Å². The Bertz CT molecular complexity index is 561. The zero-order valence-corrected chi connectivity index (χ0v) is 13.8. The van der Waals surface area contributed by atoms with Gasteiger partial charge in [0, 0.05) is 44.8 Å². The second-order valence-electron chi connectivity index (χ2n) is 6.55. The van der Waals surface area contributed by atoms with Crippen molar-refractivity contribution >= 4 is 5.69 Å². The maximum absolute atomic E-state index is 10.8. The van der Waals surface area contributed by atoms with Gasteiger partial charge in [0.2, 0.25) is 0 Å². The van der Waals surface area contributed by atoms with E-state index in [9.17, 15) is 15.2 Å². The first kappa shape index (κ1) is 17.1. The van der Waals surface area contributed by atoms with E-state index in [0.29, 0.717) is 18.4 Å². The summed E-state index contributed by atoms with van der Waals surface area (Å²) in [5.74, 6) is 0.539. The first-order chi connectivity index (χ1) is 11.6. The van der Waals surface area contributed by atoms with Crippen LogP contribution in [0, 0.1) is 10.1 Å². The number of benzene rings is 1. The van der Waals surface area contributed by atoms with Crippen LogP contribution in [0.4, 0.5) is 5.69 Å². The molecule has 24 heavy (non-hydrogen) atoms. The van der Waals surface area contributed by atoms with Gasteiger partial charge >= 0.3 is 0 Å². The highest BCUT2D eigenvalue weighted by atomic mass is 16.6. The van der Waals surface area contributed by atoms with E-state index < -0.39 is 4.92 Å². The first-order valence-corrected chi connectivity index (χ1v) is 8.65. The number of ether oxygens (including phenoxy) is 1. The molecule has 1 aliphatic carbocycles. The summed E-state index contributed by atoms with van der Waals surface area (Å²) in [6.07, 6.45) is 3.01. The number of nitrogens with zero attached hydrogens (tertiary/aromatic N) is 3. The van der Waals surface area contributed by atoms with Gasteiger partial charge < -0.3 is 9.84 Å². The molecule has 1 N–H and O–H groups in total. The number of rotatable bonds is 6. The number of piperazine rings is 1. The standard InChI is InChI=1S/C17H25N3O4/c21-17-6-2-5-16(17)19-9-7-18(8-10-19)11-12-24-15-4-1-3-14(13-15)20(22)23/h1,3-4,13,16-17,21H,2,5-12H2/t16-,17+/m1/s1. The van der Waals surface area contributed by atoms with Crippen LogP contribution in [0.15, 0.2) is 24.3 Å². The number of non-ortho nitro benzene ring substituents is 1. The molecule has 1 aliphatic heterocycles. The predicted octanol–water partition coefficient (Wildman–Crippen LogP) is 1.50. The van der Waals surface area contributed by atoms with Crippen molar-refractivity contribution in [3.8, 4) is 5.75 Å². The first-order valence-electron chi connectivity index (χ1n) is 8.65. The molecule has 0 aromatic heterocycles. The number of nitro benzene ring substituents is 1. The van der Waals surface area contributed by atoms with Gasteiger partial charge in [-0.25, -0.2) is 0 Å². The Morgan fingerprint density at radius 3 is 2.71 bits per heavy atom. The Kier molecular flexibility index (Phi) is 5.65. The minimum atomic E-state index is -0.413. The van der Waals surface area contributed by atoms with Crippen LogP contribution in [0.25, 0.3) is 0 Å². The van der Waals surface area contributed by atoms with E-state index in [-0.39, 0.29) is 11.8 Å². The Labute approximate surface area is 142 Å². The Hall–Kier alpha value is -1.70. The van der Waals surface area contributed by atoms with Crippen LogP contribution in [0.2, 0.25) is 0 Å². The van der Waals surface area contributed by atoms with Crippen molar-refractivity contribution in [3.63, 3.8) is 0 Å². The molecule has 0 radical (unpaired) electrons. The van der Waals surface area contributed by atoms with E-state index in [2.05, 4.69) is 9.80 Å². The second-order valence-corrected chi connectivity index (χ2v) is 6.55. The van der Waals surface area contributed by atoms with Gasteiger partial charge in [0.25, 0.3) is 5.69 Å². The van der Waals surface area contributed by atoms with Crippen molar-refractivity contribution in [2.24, 2.45) is 0 Å². The highest BCUT2D eigenvalue weighted by Gasteiger charge is 2.32. The van der Waals surface area contributed by atoms with E-state index in [1.54, 1.807) is 12.1 Å². The van der Waals surface area contributed by atoms with Gasteiger partial charge in [-0.2, -0.15) is 0 Å². The highest BCUT2D eigenvalue weighted by molar-refractivity contribution is 5.37. The number of hydrogen-bond acceptors (Lipinski definition) is 6. The summed E-state index contributed by atoms with van der Waals surface area (Å²) in [6, 6.07) is 6.64. The Balaban J connectivity index is 1.39. The fourth-order valence-electron chi connectivity index (χ4n) is 3.64. The zero-order chi connectivity index (χ0) is 16.9. The smallest absolute Gasteiger partial charge is 0.273 e. The van der Waals surface area contributed by atoms with Gasteiger partial charge in [0.05, 0.1) is 17.1 Å². The molecular formula is C17H25N3O4. The second kappa shape index (κ2) is 7.92. The summed E-state index contributed by atoms with van der Waals surface area (Å²) >= 11 is 0. The molecule has 1 saturated carbocycles. The van der Waals surface area contributed by atoms with Crippen LogP contribution < -0.4 is 4.74 Å². The molecule has 0 amide bonds. The lowest BCUT2D eigenvalue weighted by Gasteiger charge is -2.39. The molecule has 0 unspecified atom stereocenters. The van der Waals surface area contributed by atoms with Crippen molar-refractivity contribution in [1.82, 2.24) is 9.80 Å². The molecule has 1 heterocycles. The lowest BCUT2D eigenvalue weighted by atomic mass is 10.1. The molecule has 132 valence electrons. The Morgan fingerprint density at radius 1 is 1.25 bits per heavy atom. The minimum Gasteiger partial charge on any atom is -0.492 e. The third-order valence-electron chi connectivity index (χ3n) is 5.02. The third kappa shape index (κ3) is 4.23. The molecule has 7 nitrogen and oxygen atoms in total. The van der Waals surface area contributed by atoms with Crippen molar-refractivity contribution in [3.05, 3.63) is 34.4 Å². The van der Waals surface area contributed by atoms with Gasteiger partial charge in [-0.3, -0.25) is 19.9 Å². The van der Waals surface area contributed by atoms with Crippen molar-refractivity contribution in [1.29, 1.82) is 0 Å². The normalized spacial score (nSPS) is 25.7. The van der Waals surface area contributed by atoms with Crippen LogP contribution in [0.5, 0.6) is 5.75 Å². The van der Waals surface area contributed by atoms with Crippen molar-refractivity contribution < 1.29 is 14.8 Å². The summed E-state index contributed by atoms with van der Waals surface area (Å²) in [5.41, 5.74) is 0.0521. The molecule has 1 saturated heterocycles. The molecule has 3 rings (SSSR count). The van der Waals surface area contributed by atoms with Gasteiger partial charge in [0.1, 0.15) is 12.4 Å². The average molecular weight is 335 g/mol. The van der Waals surface area contributed by atoms with Crippen LogP contribution in [0.3, 0.4) is 0 Å². The average Bonchev–Trinajstić information content (AvgIpc) is 3.02. The maximum atomic E-state index is 10.8. The van der Waals surface area contributed by atoms with E-state index in [4.69, 9.17) is 4.74 Å². The van der Waals surface area contributed by atoms with Crippen molar-refractivity contribution in [2.45, 2.75) is 31.4 Å². The summed E-state index contributed by atoms with van der Waals surface area (Å²) in [7, 11) is 0. The van der Waals surface area contributed by atoms with Crippen LogP contribution in [-0.4, -0.2) is 71.3 Å². The lowest BCUT2D eigenvalue weighted by molar-refractivity contribution is -0.384. The van der Waals surface area contributed by atoms with Gasteiger partial charge in [-0.1, -0.05) is 6.07 Å². The molecule has 7 heteroatoms. The molecular weight excluding hydrogens is 310 g/mol. The van der Waals surface area contributed by atoms with Gasteiger partial charge in [-0.05, 0) is 25.3 Å². The number of hydrogen-bond donors (Lipinski definition) is 1. The topological polar surface area (TPSA) is 79.1 Å².